The number of benzene rings is 1. The highest BCUT2D eigenvalue weighted by Gasteiger charge is 2.35. The number of hydrogen-bond acceptors (Lipinski definition) is 4. The van der Waals surface area contributed by atoms with Crippen LogP contribution in [-0.2, 0) is 15.1 Å². The predicted octanol–water partition coefficient (Wildman–Crippen LogP) is 0.853. The maximum atomic E-state index is 11.8. The van der Waals surface area contributed by atoms with Crippen molar-refractivity contribution in [2.24, 2.45) is 0 Å². The molecule has 6 heteroatoms. The van der Waals surface area contributed by atoms with E-state index in [-0.39, 0.29) is 12.5 Å². The second kappa shape index (κ2) is 6.58. The first kappa shape index (κ1) is 15.3. The normalized spacial score (nSPS) is 17.1. The van der Waals surface area contributed by atoms with E-state index in [1.54, 1.807) is 0 Å². The van der Waals surface area contributed by atoms with Gasteiger partial charge >= 0.3 is 6.09 Å². The molecule has 2 N–H and O–H groups in total. The third kappa shape index (κ3) is 3.72. The van der Waals surface area contributed by atoms with Crippen LogP contribution in [0.3, 0.4) is 0 Å². The fourth-order valence-corrected chi connectivity index (χ4v) is 2.39. The van der Waals surface area contributed by atoms with E-state index in [0.717, 1.165) is 5.56 Å². The van der Waals surface area contributed by atoms with Crippen molar-refractivity contribution in [2.45, 2.75) is 18.4 Å². The molecule has 1 aromatic rings. The molecule has 1 fully saturated rings. The minimum atomic E-state index is -0.904. The number of likely N-dealkylation sites (tertiary alicyclic amines) is 1. The molecule has 0 spiro atoms. The average molecular weight is 292 g/mol. The van der Waals surface area contributed by atoms with Crippen LogP contribution in [0.4, 0.5) is 4.79 Å². The molecule has 1 aliphatic rings. The van der Waals surface area contributed by atoms with E-state index in [4.69, 9.17) is 4.74 Å². The van der Waals surface area contributed by atoms with Gasteiger partial charge in [-0.2, -0.15) is 0 Å². The van der Waals surface area contributed by atoms with Gasteiger partial charge in [-0.05, 0) is 18.4 Å². The van der Waals surface area contributed by atoms with Crippen LogP contribution in [0.15, 0.2) is 30.3 Å². The van der Waals surface area contributed by atoms with Crippen molar-refractivity contribution in [3.05, 3.63) is 35.9 Å². The molecule has 1 aliphatic heterocycles. The zero-order chi connectivity index (χ0) is 15.3. The Balaban J connectivity index is 1.88. The quantitative estimate of drug-likeness (QED) is 0.866. The molecule has 2 amide bonds. The number of carbonyl (C=O) groups is 2. The standard InChI is InChI=1S/C15H20N2O4/c1-16-13(18)11-21-14(19)17-9-7-15(20,8-10-17)12-5-3-2-4-6-12/h2-6,20H,7-11H2,1H3,(H,16,18). The Morgan fingerprint density at radius 2 is 1.90 bits per heavy atom. The number of amides is 2. The molecule has 0 bridgehead atoms. The molecule has 0 aromatic heterocycles. The van der Waals surface area contributed by atoms with Gasteiger partial charge in [0, 0.05) is 20.1 Å². The highest BCUT2D eigenvalue weighted by molar-refractivity contribution is 5.79. The summed E-state index contributed by atoms with van der Waals surface area (Å²) in [6.45, 7) is 0.519. The summed E-state index contributed by atoms with van der Waals surface area (Å²) in [5.41, 5.74) is -0.0397. The van der Waals surface area contributed by atoms with Gasteiger partial charge in [0.25, 0.3) is 5.91 Å². The minimum absolute atomic E-state index is 0.283. The number of aliphatic hydroxyl groups is 1. The van der Waals surface area contributed by atoms with Crippen molar-refractivity contribution >= 4 is 12.0 Å². The second-order valence-electron chi connectivity index (χ2n) is 5.11. The fourth-order valence-electron chi connectivity index (χ4n) is 2.39. The summed E-state index contributed by atoms with van der Waals surface area (Å²) in [7, 11) is 1.48. The Hall–Kier alpha value is -2.08. The van der Waals surface area contributed by atoms with Gasteiger partial charge < -0.3 is 20.1 Å². The fraction of sp³-hybridized carbons (Fsp3) is 0.467. The number of rotatable bonds is 3. The summed E-state index contributed by atoms with van der Waals surface area (Å²) in [5, 5.41) is 13.0. The first-order valence-corrected chi connectivity index (χ1v) is 6.95. The van der Waals surface area contributed by atoms with Crippen molar-refractivity contribution in [1.29, 1.82) is 0 Å². The van der Waals surface area contributed by atoms with Gasteiger partial charge in [0.05, 0.1) is 5.60 Å². The maximum Gasteiger partial charge on any atom is 0.410 e. The van der Waals surface area contributed by atoms with Crippen LogP contribution in [0, 0.1) is 0 Å². The van der Waals surface area contributed by atoms with Gasteiger partial charge in [0.2, 0.25) is 0 Å². The number of carbonyl (C=O) groups excluding carboxylic acids is 2. The number of hydrogen-bond donors (Lipinski definition) is 2. The lowest BCUT2D eigenvalue weighted by Gasteiger charge is -2.37. The molecule has 0 atom stereocenters. The molecule has 0 radical (unpaired) electrons. The van der Waals surface area contributed by atoms with E-state index in [1.165, 1.54) is 11.9 Å². The van der Waals surface area contributed by atoms with Crippen LogP contribution >= 0.6 is 0 Å². The third-order valence-corrected chi connectivity index (χ3v) is 3.77. The lowest BCUT2D eigenvalue weighted by molar-refractivity contribution is -0.124. The monoisotopic (exact) mass is 292 g/mol. The number of ether oxygens (including phenoxy) is 1. The Labute approximate surface area is 123 Å². The van der Waals surface area contributed by atoms with Gasteiger partial charge in [-0.3, -0.25) is 4.79 Å². The molecule has 6 nitrogen and oxygen atoms in total. The van der Waals surface area contributed by atoms with Crippen LogP contribution in [0.2, 0.25) is 0 Å². The smallest absolute Gasteiger partial charge is 0.410 e. The molecular formula is C15H20N2O4. The van der Waals surface area contributed by atoms with E-state index < -0.39 is 11.7 Å². The zero-order valence-corrected chi connectivity index (χ0v) is 12.0. The van der Waals surface area contributed by atoms with Crippen molar-refractivity contribution < 1.29 is 19.4 Å². The zero-order valence-electron chi connectivity index (χ0n) is 12.0. The largest absolute Gasteiger partial charge is 0.439 e. The molecule has 21 heavy (non-hydrogen) atoms. The van der Waals surface area contributed by atoms with Crippen LogP contribution < -0.4 is 5.32 Å². The Kier molecular flexibility index (Phi) is 4.80. The summed E-state index contributed by atoms with van der Waals surface area (Å²) in [6, 6.07) is 9.45. The SMILES string of the molecule is CNC(=O)COC(=O)N1CCC(O)(c2ccccc2)CC1. The number of likely N-dealkylation sites (N-methyl/N-ethyl adjacent to an activating group) is 1. The van der Waals surface area contributed by atoms with Crippen LogP contribution in [-0.4, -0.2) is 48.8 Å². The van der Waals surface area contributed by atoms with Gasteiger partial charge in [0.1, 0.15) is 0 Å². The minimum Gasteiger partial charge on any atom is -0.439 e. The van der Waals surface area contributed by atoms with Crippen molar-refractivity contribution in [3.63, 3.8) is 0 Å². The van der Waals surface area contributed by atoms with E-state index in [0.29, 0.717) is 25.9 Å². The van der Waals surface area contributed by atoms with Gasteiger partial charge in [-0.15, -0.1) is 0 Å². The first-order valence-electron chi connectivity index (χ1n) is 6.95. The molecule has 1 heterocycles. The van der Waals surface area contributed by atoms with E-state index >= 15 is 0 Å². The van der Waals surface area contributed by atoms with Crippen molar-refractivity contribution in [3.8, 4) is 0 Å². The predicted molar refractivity (Wildman–Crippen MR) is 76.6 cm³/mol. The molecule has 2 rings (SSSR count). The Morgan fingerprint density at radius 1 is 1.29 bits per heavy atom. The van der Waals surface area contributed by atoms with Gasteiger partial charge in [0.15, 0.2) is 6.61 Å². The molecular weight excluding hydrogens is 272 g/mol. The topological polar surface area (TPSA) is 78.9 Å². The molecule has 1 aromatic carbocycles. The lowest BCUT2D eigenvalue weighted by Crippen LogP contribution is -2.45. The molecule has 0 aliphatic carbocycles. The second-order valence-corrected chi connectivity index (χ2v) is 5.11. The highest BCUT2D eigenvalue weighted by Crippen LogP contribution is 2.32. The Morgan fingerprint density at radius 3 is 2.48 bits per heavy atom. The van der Waals surface area contributed by atoms with Crippen molar-refractivity contribution in [2.75, 3.05) is 26.7 Å². The van der Waals surface area contributed by atoms with Gasteiger partial charge in [-0.1, -0.05) is 30.3 Å². The van der Waals surface area contributed by atoms with Gasteiger partial charge in [-0.25, -0.2) is 4.79 Å². The number of piperidine rings is 1. The first-order chi connectivity index (χ1) is 10.0. The van der Waals surface area contributed by atoms with Crippen LogP contribution in [0.1, 0.15) is 18.4 Å². The molecule has 1 saturated heterocycles. The summed E-state index contributed by atoms with van der Waals surface area (Å²) in [5.74, 6) is -0.346. The van der Waals surface area contributed by atoms with E-state index in [2.05, 4.69) is 5.32 Å². The number of nitrogens with one attached hydrogen (secondary N) is 1. The van der Waals surface area contributed by atoms with E-state index in [9.17, 15) is 14.7 Å². The molecule has 0 saturated carbocycles. The summed E-state index contributed by atoms with van der Waals surface area (Å²) < 4.78 is 4.90. The Bertz CT molecular complexity index is 496. The molecule has 114 valence electrons. The summed E-state index contributed by atoms with van der Waals surface area (Å²) in [4.78, 5) is 24.4. The highest BCUT2D eigenvalue weighted by atomic mass is 16.6. The van der Waals surface area contributed by atoms with Crippen LogP contribution in [0.5, 0.6) is 0 Å². The van der Waals surface area contributed by atoms with Crippen molar-refractivity contribution in [1.82, 2.24) is 10.2 Å². The number of nitrogens with zero attached hydrogens (tertiary/aromatic N) is 1. The lowest BCUT2D eigenvalue weighted by atomic mass is 9.84. The molecule has 0 unspecified atom stereocenters. The maximum absolute atomic E-state index is 11.8. The van der Waals surface area contributed by atoms with Crippen LogP contribution in [0.25, 0.3) is 0 Å². The van der Waals surface area contributed by atoms with E-state index in [1.807, 2.05) is 30.3 Å². The summed E-state index contributed by atoms with van der Waals surface area (Å²) >= 11 is 0. The summed E-state index contributed by atoms with van der Waals surface area (Å²) in [6.07, 6.45) is 0.381. The average Bonchev–Trinajstić information content (AvgIpc) is 2.53. The third-order valence-electron chi connectivity index (χ3n) is 3.77.